The number of guanidine groups is 1. The molecule has 2 aromatic rings. The number of aromatic nitrogens is 1. The molecule has 2 heterocycles. The lowest BCUT2D eigenvalue weighted by molar-refractivity contribution is 0.165. The second-order valence-electron chi connectivity index (χ2n) is 7.08. The van der Waals surface area contributed by atoms with Gasteiger partial charge in [0.1, 0.15) is 5.75 Å². The molecule has 1 aromatic heterocycles. The number of likely N-dealkylation sites (tertiary alicyclic amines) is 1. The van der Waals surface area contributed by atoms with Crippen molar-refractivity contribution in [3.05, 3.63) is 59.9 Å². The van der Waals surface area contributed by atoms with Gasteiger partial charge in [0.2, 0.25) is 0 Å². The maximum absolute atomic E-state index is 6.13. The number of hydrogen-bond acceptors (Lipinski definition) is 4. The molecule has 29 heavy (non-hydrogen) atoms. The van der Waals surface area contributed by atoms with Gasteiger partial charge in [-0.05, 0) is 44.1 Å². The first kappa shape index (κ1) is 23.4. The Kier molecular flexibility index (Phi) is 10.2. The van der Waals surface area contributed by atoms with E-state index in [-0.39, 0.29) is 30.0 Å². The first-order valence-electron chi connectivity index (χ1n) is 10.1. The number of pyridine rings is 1. The summed E-state index contributed by atoms with van der Waals surface area (Å²) in [5, 5.41) is 3.21. The summed E-state index contributed by atoms with van der Waals surface area (Å²) >= 11 is 0. The fraction of sp³-hybridized carbons (Fsp3) is 0.455. The van der Waals surface area contributed by atoms with Gasteiger partial charge < -0.3 is 15.8 Å². The molecule has 0 saturated carbocycles. The number of methoxy groups -OCH3 is 1. The van der Waals surface area contributed by atoms with Gasteiger partial charge in [0.25, 0.3) is 0 Å². The van der Waals surface area contributed by atoms with Gasteiger partial charge in [0, 0.05) is 30.4 Å². The molecule has 3 N–H and O–H groups in total. The molecular formula is C22H32IN5O. The van der Waals surface area contributed by atoms with E-state index in [1.54, 1.807) is 7.11 Å². The Hall–Kier alpha value is -1.87. The zero-order valence-corrected chi connectivity index (χ0v) is 19.4. The number of piperidine rings is 1. The van der Waals surface area contributed by atoms with Gasteiger partial charge >= 0.3 is 0 Å². The van der Waals surface area contributed by atoms with E-state index < -0.39 is 0 Å². The highest BCUT2D eigenvalue weighted by atomic mass is 127. The van der Waals surface area contributed by atoms with Crippen molar-refractivity contribution >= 4 is 29.9 Å². The number of halogens is 1. The van der Waals surface area contributed by atoms with Crippen LogP contribution in [0.15, 0.2) is 53.7 Å². The van der Waals surface area contributed by atoms with Crippen molar-refractivity contribution in [2.24, 2.45) is 10.7 Å². The number of nitrogens with zero attached hydrogens (tertiary/aromatic N) is 3. The molecule has 1 aliphatic rings. The first-order chi connectivity index (χ1) is 13.8. The number of nitrogens with one attached hydrogen (secondary N) is 1. The lowest BCUT2D eigenvalue weighted by atomic mass is 10.0. The monoisotopic (exact) mass is 509 g/mol. The number of benzene rings is 1. The highest BCUT2D eigenvalue weighted by molar-refractivity contribution is 14.0. The molecule has 6 nitrogen and oxygen atoms in total. The first-order valence-corrected chi connectivity index (χ1v) is 10.1. The third-order valence-electron chi connectivity index (χ3n) is 5.18. The van der Waals surface area contributed by atoms with Crippen molar-refractivity contribution in [3.8, 4) is 5.75 Å². The van der Waals surface area contributed by atoms with Crippen molar-refractivity contribution < 1.29 is 4.74 Å². The summed E-state index contributed by atoms with van der Waals surface area (Å²) in [5.41, 5.74) is 8.36. The molecule has 158 valence electrons. The summed E-state index contributed by atoms with van der Waals surface area (Å²) in [4.78, 5) is 11.5. The van der Waals surface area contributed by atoms with E-state index in [2.05, 4.69) is 32.3 Å². The second-order valence-corrected chi connectivity index (χ2v) is 7.08. The van der Waals surface area contributed by atoms with Crippen LogP contribution in [0.25, 0.3) is 0 Å². The average molecular weight is 509 g/mol. The number of para-hydroxylation sites is 1. The summed E-state index contributed by atoms with van der Waals surface area (Å²) in [6, 6.07) is 14.3. The second kappa shape index (κ2) is 12.6. The summed E-state index contributed by atoms with van der Waals surface area (Å²) in [7, 11) is 1.73. The highest BCUT2D eigenvalue weighted by Crippen LogP contribution is 2.31. The van der Waals surface area contributed by atoms with E-state index in [0.717, 1.165) is 37.5 Å². The lowest BCUT2D eigenvalue weighted by Gasteiger charge is -2.34. The van der Waals surface area contributed by atoms with Gasteiger partial charge in [-0.3, -0.25) is 14.9 Å². The molecule has 0 amide bonds. The number of nitrogens with two attached hydrogens (primary N) is 1. The van der Waals surface area contributed by atoms with Crippen LogP contribution in [-0.2, 0) is 6.42 Å². The minimum Gasteiger partial charge on any atom is -0.496 e. The largest absolute Gasteiger partial charge is 0.496 e. The van der Waals surface area contributed by atoms with E-state index in [9.17, 15) is 0 Å². The van der Waals surface area contributed by atoms with Gasteiger partial charge in [-0.2, -0.15) is 0 Å². The van der Waals surface area contributed by atoms with Crippen molar-refractivity contribution in [1.82, 2.24) is 15.2 Å². The molecule has 1 aliphatic heterocycles. The highest BCUT2D eigenvalue weighted by Gasteiger charge is 2.24. The molecule has 0 radical (unpaired) electrons. The molecule has 1 saturated heterocycles. The van der Waals surface area contributed by atoms with Crippen LogP contribution in [0.5, 0.6) is 5.75 Å². The van der Waals surface area contributed by atoms with Crippen molar-refractivity contribution in [3.63, 3.8) is 0 Å². The smallest absolute Gasteiger partial charge is 0.188 e. The normalized spacial score (nSPS) is 16.0. The summed E-state index contributed by atoms with van der Waals surface area (Å²) in [5.74, 6) is 1.39. The van der Waals surface area contributed by atoms with Crippen LogP contribution in [-0.4, -0.2) is 49.1 Å². The molecule has 1 aromatic carbocycles. The molecule has 7 heteroatoms. The van der Waals surface area contributed by atoms with Crippen molar-refractivity contribution in [1.29, 1.82) is 0 Å². The van der Waals surface area contributed by atoms with E-state index in [4.69, 9.17) is 10.5 Å². The Bertz CT molecular complexity index is 750. The molecule has 0 aliphatic carbocycles. The molecule has 3 rings (SSSR count). The zero-order chi connectivity index (χ0) is 19.6. The van der Waals surface area contributed by atoms with Gasteiger partial charge in [-0.25, -0.2) is 0 Å². The minimum atomic E-state index is 0. The van der Waals surface area contributed by atoms with Crippen LogP contribution in [0.1, 0.15) is 36.6 Å². The number of ether oxygens (including phenoxy) is 1. The standard InChI is InChI=1S/C22H31N5O.HI/c1-28-21-11-4-3-10-19(21)20(27-15-7-2-8-16-27)17-26-22(23)25-14-12-18-9-5-6-13-24-18;/h3-6,9-11,13,20H,2,7-8,12,14-17H2,1H3,(H3,23,25,26);1H. The number of aliphatic imine (C=N–C) groups is 1. The Labute approximate surface area is 191 Å². The predicted octanol–water partition coefficient (Wildman–Crippen LogP) is 3.38. The van der Waals surface area contributed by atoms with Gasteiger partial charge in [-0.15, -0.1) is 24.0 Å². The zero-order valence-electron chi connectivity index (χ0n) is 17.1. The van der Waals surface area contributed by atoms with E-state index in [0.29, 0.717) is 12.5 Å². The third-order valence-corrected chi connectivity index (χ3v) is 5.18. The minimum absolute atomic E-state index is 0. The van der Waals surface area contributed by atoms with Crippen molar-refractivity contribution in [2.75, 3.05) is 33.3 Å². The fourth-order valence-electron chi connectivity index (χ4n) is 3.69. The van der Waals surface area contributed by atoms with Crippen LogP contribution in [0.2, 0.25) is 0 Å². The van der Waals surface area contributed by atoms with E-state index in [1.165, 1.54) is 24.8 Å². The third kappa shape index (κ3) is 7.15. The Morgan fingerprint density at radius 3 is 2.66 bits per heavy atom. The maximum atomic E-state index is 6.13. The molecule has 1 atom stereocenters. The fourth-order valence-corrected chi connectivity index (χ4v) is 3.69. The topological polar surface area (TPSA) is 75.8 Å². The summed E-state index contributed by atoms with van der Waals surface area (Å²) in [6.45, 7) is 3.51. The van der Waals surface area contributed by atoms with Crippen molar-refractivity contribution in [2.45, 2.75) is 31.7 Å². The summed E-state index contributed by atoms with van der Waals surface area (Å²) in [6.07, 6.45) is 6.39. The SMILES string of the molecule is COc1ccccc1C(CN=C(N)NCCc1ccccn1)N1CCCCC1.I. The quantitative estimate of drug-likeness (QED) is 0.324. The molecule has 0 bridgehead atoms. The molecule has 1 unspecified atom stereocenters. The van der Waals surface area contributed by atoms with Crippen LogP contribution >= 0.6 is 24.0 Å². The van der Waals surface area contributed by atoms with Crippen LogP contribution in [0.3, 0.4) is 0 Å². The summed E-state index contributed by atoms with van der Waals surface area (Å²) < 4.78 is 5.61. The molecule has 1 fully saturated rings. The number of hydrogen-bond donors (Lipinski definition) is 2. The predicted molar refractivity (Wildman–Crippen MR) is 129 cm³/mol. The molecular weight excluding hydrogens is 477 g/mol. The Balaban J connectivity index is 0.00000300. The Morgan fingerprint density at radius 2 is 1.93 bits per heavy atom. The molecule has 0 spiro atoms. The van der Waals surface area contributed by atoms with Crippen LogP contribution in [0, 0.1) is 0 Å². The Morgan fingerprint density at radius 1 is 1.17 bits per heavy atom. The van der Waals surface area contributed by atoms with E-state index in [1.807, 2.05) is 36.5 Å². The van der Waals surface area contributed by atoms with Gasteiger partial charge in [-0.1, -0.05) is 30.7 Å². The van der Waals surface area contributed by atoms with Gasteiger partial charge in [0.15, 0.2) is 5.96 Å². The van der Waals surface area contributed by atoms with Crippen LogP contribution in [0.4, 0.5) is 0 Å². The van der Waals surface area contributed by atoms with E-state index >= 15 is 0 Å². The lowest BCUT2D eigenvalue weighted by Crippen LogP contribution is -2.37. The number of rotatable bonds is 8. The average Bonchev–Trinajstić information content (AvgIpc) is 2.76. The van der Waals surface area contributed by atoms with Gasteiger partial charge in [0.05, 0.1) is 19.7 Å². The maximum Gasteiger partial charge on any atom is 0.188 e. The van der Waals surface area contributed by atoms with Crippen LogP contribution < -0.4 is 15.8 Å².